The summed E-state index contributed by atoms with van der Waals surface area (Å²) in [6.45, 7) is 1.72. The number of fused-ring (bicyclic) bond motifs is 1. The number of rotatable bonds is 4. The van der Waals surface area contributed by atoms with E-state index in [4.69, 9.17) is 33.9 Å². The molecule has 0 radical (unpaired) electrons. The van der Waals surface area contributed by atoms with E-state index in [1.165, 1.54) is 0 Å². The number of nitrogens with zero attached hydrogens (tertiary/aromatic N) is 3. The molecule has 1 saturated heterocycles. The number of aryl methyl sites for hydroxylation is 1. The molecule has 8 heteroatoms. The van der Waals surface area contributed by atoms with E-state index in [0.29, 0.717) is 71.5 Å². The van der Waals surface area contributed by atoms with E-state index in [1.807, 2.05) is 6.07 Å². The summed E-state index contributed by atoms with van der Waals surface area (Å²) in [5.41, 5.74) is 7.85. The SMILES string of the molecule is Nc1ccc2c(=O)n(CCc3ccc(Cl)cc3Cl)c(N3CCC(O)CC3)nc2c1. The van der Waals surface area contributed by atoms with Crippen LogP contribution in [0.15, 0.2) is 41.2 Å². The number of hydrogen-bond acceptors (Lipinski definition) is 5. The normalized spacial score (nSPS) is 15.2. The van der Waals surface area contributed by atoms with Crippen molar-refractivity contribution in [3.63, 3.8) is 0 Å². The molecule has 29 heavy (non-hydrogen) atoms. The van der Waals surface area contributed by atoms with Crippen LogP contribution in [0.25, 0.3) is 10.9 Å². The lowest BCUT2D eigenvalue weighted by molar-refractivity contribution is 0.145. The first kappa shape index (κ1) is 20.0. The third-order valence-corrected chi connectivity index (χ3v) is 5.91. The molecular formula is C21H22Cl2N4O2. The Morgan fingerprint density at radius 2 is 1.90 bits per heavy atom. The molecule has 4 rings (SSSR count). The van der Waals surface area contributed by atoms with Crippen LogP contribution in [0.3, 0.4) is 0 Å². The number of nitrogens with two attached hydrogens (primary N) is 1. The van der Waals surface area contributed by atoms with Gasteiger partial charge in [0, 0.05) is 35.4 Å². The van der Waals surface area contributed by atoms with Gasteiger partial charge in [-0.15, -0.1) is 0 Å². The lowest BCUT2D eigenvalue weighted by Gasteiger charge is -2.32. The summed E-state index contributed by atoms with van der Waals surface area (Å²) in [5.74, 6) is 0.602. The van der Waals surface area contributed by atoms with Crippen LogP contribution >= 0.6 is 23.2 Å². The maximum absolute atomic E-state index is 13.3. The largest absolute Gasteiger partial charge is 0.399 e. The van der Waals surface area contributed by atoms with E-state index in [2.05, 4.69) is 4.90 Å². The average molecular weight is 433 g/mol. The Bertz CT molecular complexity index is 1110. The summed E-state index contributed by atoms with van der Waals surface area (Å²) in [4.78, 5) is 20.1. The van der Waals surface area contributed by atoms with Gasteiger partial charge in [-0.05, 0) is 55.2 Å². The molecule has 1 aromatic heterocycles. The molecule has 0 atom stereocenters. The van der Waals surface area contributed by atoms with Crippen LogP contribution in [-0.4, -0.2) is 33.9 Å². The lowest BCUT2D eigenvalue weighted by Crippen LogP contribution is -2.40. The quantitative estimate of drug-likeness (QED) is 0.616. The molecule has 0 saturated carbocycles. The van der Waals surface area contributed by atoms with Gasteiger partial charge >= 0.3 is 0 Å². The number of aliphatic hydroxyl groups excluding tert-OH is 1. The van der Waals surface area contributed by atoms with Crippen molar-refractivity contribution in [2.24, 2.45) is 0 Å². The number of anilines is 2. The molecule has 0 amide bonds. The van der Waals surface area contributed by atoms with Gasteiger partial charge in [-0.2, -0.15) is 0 Å². The molecule has 0 aliphatic carbocycles. The molecule has 0 bridgehead atoms. The third kappa shape index (κ3) is 4.20. The van der Waals surface area contributed by atoms with Crippen molar-refractivity contribution in [3.05, 3.63) is 62.4 Å². The molecule has 6 nitrogen and oxygen atoms in total. The van der Waals surface area contributed by atoms with Crippen LogP contribution in [0.5, 0.6) is 0 Å². The highest BCUT2D eigenvalue weighted by Gasteiger charge is 2.22. The Hall–Kier alpha value is -2.28. The second kappa shape index (κ2) is 8.22. The summed E-state index contributed by atoms with van der Waals surface area (Å²) in [7, 11) is 0. The second-order valence-electron chi connectivity index (χ2n) is 7.35. The van der Waals surface area contributed by atoms with Gasteiger partial charge in [0.2, 0.25) is 5.95 Å². The Balaban J connectivity index is 1.75. The number of hydrogen-bond donors (Lipinski definition) is 2. The average Bonchev–Trinajstić information content (AvgIpc) is 2.69. The Kier molecular flexibility index (Phi) is 5.67. The van der Waals surface area contributed by atoms with Gasteiger partial charge in [-0.25, -0.2) is 4.98 Å². The zero-order valence-corrected chi connectivity index (χ0v) is 17.3. The fraction of sp³-hybridized carbons (Fsp3) is 0.333. The number of benzene rings is 2. The van der Waals surface area contributed by atoms with E-state index in [0.717, 1.165) is 5.56 Å². The fourth-order valence-electron chi connectivity index (χ4n) is 3.69. The van der Waals surface area contributed by atoms with Gasteiger partial charge in [-0.1, -0.05) is 29.3 Å². The summed E-state index contributed by atoms with van der Waals surface area (Å²) >= 11 is 12.3. The second-order valence-corrected chi connectivity index (χ2v) is 8.19. The Labute approximate surface area is 178 Å². The number of aliphatic hydroxyl groups is 1. The zero-order chi connectivity index (χ0) is 20.5. The minimum atomic E-state index is -0.310. The summed E-state index contributed by atoms with van der Waals surface area (Å²) in [6.07, 6.45) is 1.55. The molecule has 1 fully saturated rings. The predicted molar refractivity (Wildman–Crippen MR) is 118 cm³/mol. The molecule has 3 N–H and O–H groups in total. The van der Waals surface area contributed by atoms with Crippen molar-refractivity contribution >= 4 is 45.7 Å². The van der Waals surface area contributed by atoms with E-state index in [9.17, 15) is 9.90 Å². The molecule has 0 unspecified atom stereocenters. The maximum Gasteiger partial charge on any atom is 0.262 e. The zero-order valence-electron chi connectivity index (χ0n) is 15.8. The number of halogens is 2. The molecular weight excluding hydrogens is 411 g/mol. The van der Waals surface area contributed by atoms with Gasteiger partial charge in [0.05, 0.1) is 17.0 Å². The molecule has 1 aliphatic rings. The smallest absolute Gasteiger partial charge is 0.262 e. The monoisotopic (exact) mass is 432 g/mol. The van der Waals surface area contributed by atoms with Crippen molar-refractivity contribution in [3.8, 4) is 0 Å². The predicted octanol–water partition coefficient (Wildman–Crippen LogP) is 3.49. The number of aromatic nitrogens is 2. The molecule has 0 spiro atoms. The molecule has 3 aromatic rings. The number of nitrogen functional groups attached to an aromatic ring is 1. The fourth-order valence-corrected chi connectivity index (χ4v) is 4.19. The van der Waals surface area contributed by atoms with Gasteiger partial charge in [0.1, 0.15) is 0 Å². The van der Waals surface area contributed by atoms with Crippen molar-refractivity contribution in [1.29, 1.82) is 0 Å². The van der Waals surface area contributed by atoms with Gasteiger partial charge in [0.15, 0.2) is 0 Å². The first-order chi connectivity index (χ1) is 13.9. The van der Waals surface area contributed by atoms with Crippen molar-refractivity contribution < 1.29 is 5.11 Å². The molecule has 1 aliphatic heterocycles. The van der Waals surface area contributed by atoms with Crippen LogP contribution in [0, 0.1) is 0 Å². The summed E-state index contributed by atoms with van der Waals surface area (Å²) < 4.78 is 1.70. The van der Waals surface area contributed by atoms with Crippen molar-refractivity contribution in [1.82, 2.24) is 9.55 Å². The van der Waals surface area contributed by atoms with E-state index in [-0.39, 0.29) is 11.7 Å². The van der Waals surface area contributed by atoms with Crippen LogP contribution in [-0.2, 0) is 13.0 Å². The molecule has 152 valence electrons. The van der Waals surface area contributed by atoms with Crippen molar-refractivity contribution in [2.45, 2.75) is 31.9 Å². The van der Waals surface area contributed by atoms with Crippen LogP contribution in [0.4, 0.5) is 11.6 Å². The first-order valence-electron chi connectivity index (χ1n) is 9.59. The maximum atomic E-state index is 13.3. The highest BCUT2D eigenvalue weighted by Crippen LogP contribution is 2.24. The lowest BCUT2D eigenvalue weighted by atomic mass is 10.1. The van der Waals surface area contributed by atoms with Crippen molar-refractivity contribution in [2.75, 3.05) is 23.7 Å². The highest BCUT2D eigenvalue weighted by atomic mass is 35.5. The molecule has 2 aromatic carbocycles. The first-order valence-corrected chi connectivity index (χ1v) is 10.3. The summed E-state index contributed by atoms with van der Waals surface area (Å²) in [6, 6.07) is 10.5. The summed E-state index contributed by atoms with van der Waals surface area (Å²) in [5, 5.41) is 11.5. The van der Waals surface area contributed by atoms with E-state index < -0.39 is 0 Å². The van der Waals surface area contributed by atoms with Crippen LogP contribution in [0.2, 0.25) is 10.0 Å². The third-order valence-electron chi connectivity index (χ3n) is 5.33. The van der Waals surface area contributed by atoms with Crippen LogP contribution in [0.1, 0.15) is 18.4 Å². The molecule has 2 heterocycles. The Morgan fingerprint density at radius 1 is 1.14 bits per heavy atom. The minimum Gasteiger partial charge on any atom is -0.399 e. The minimum absolute atomic E-state index is 0.110. The Morgan fingerprint density at radius 3 is 2.62 bits per heavy atom. The number of piperidine rings is 1. The highest BCUT2D eigenvalue weighted by molar-refractivity contribution is 6.35. The van der Waals surface area contributed by atoms with E-state index in [1.54, 1.807) is 34.9 Å². The van der Waals surface area contributed by atoms with Gasteiger partial charge in [0.25, 0.3) is 5.56 Å². The van der Waals surface area contributed by atoms with Gasteiger partial charge in [-0.3, -0.25) is 9.36 Å². The van der Waals surface area contributed by atoms with Gasteiger partial charge < -0.3 is 15.7 Å². The standard InChI is InChI=1S/C21H22Cl2N4O2/c22-14-2-1-13(18(23)11-14)5-10-27-20(29)17-4-3-15(24)12-19(17)25-21(27)26-8-6-16(28)7-9-26/h1-4,11-12,16,28H,5-10,24H2. The topological polar surface area (TPSA) is 84.4 Å². The van der Waals surface area contributed by atoms with Crippen LogP contribution < -0.4 is 16.2 Å². The van der Waals surface area contributed by atoms with E-state index >= 15 is 0 Å².